The molecule has 0 saturated carbocycles. The molecular formula is C11H24N2O2. The van der Waals surface area contributed by atoms with Gasteiger partial charge in [0.25, 0.3) is 0 Å². The number of nitrogens with zero attached hydrogens (tertiary/aromatic N) is 2. The molecule has 1 rings (SSSR count). The third-order valence-electron chi connectivity index (χ3n) is 3.32. The van der Waals surface area contributed by atoms with Gasteiger partial charge >= 0.3 is 0 Å². The molecule has 1 saturated heterocycles. The maximum absolute atomic E-state index is 8.91. The van der Waals surface area contributed by atoms with Crippen LogP contribution in [-0.4, -0.2) is 72.5 Å². The Bertz CT molecular complexity index is 162. The summed E-state index contributed by atoms with van der Waals surface area (Å²) in [7, 11) is 2.16. The zero-order chi connectivity index (χ0) is 11.3. The fraction of sp³-hybridized carbons (Fsp3) is 1.00. The first-order valence-corrected chi connectivity index (χ1v) is 5.81. The molecule has 2 unspecified atom stereocenters. The second kappa shape index (κ2) is 6.43. The van der Waals surface area contributed by atoms with Gasteiger partial charge in [0.2, 0.25) is 0 Å². The normalized spacial score (nSPS) is 27.8. The summed E-state index contributed by atoms with van der Waals surface area (Å²) >= 11 is 0. The highest BCUT2D eigenvalue weighted by atomic mass is 16.3. The van der Waals surface area contributed by atoms with Crippen LogP contribution in [0.2, 0.25) is 0 Å². The van der Waals surface area contributed by atoms with E-state index in [0.29, 0.717) is 25.0 Å². The topological polar surface area (TPSA) is 46.9 Å². The number of rotatable bonds is 6. The van der Waals surface area contributed by atoms with Crippen molar-refractivity contribution in [1.82, 2.24) is 9.80 Å². The Hall–Kier alpha value is -0.160. The molecule has 2 atom stereocenters. The van der Waals surface area contributed by atoms with Crippen molar-refractivity contribution in [3.05, 3.63) is 0 Å². The predicted octanol–water partition coefficient (Wildman–Crippen LogP) is -0.387. The van der Waals surface area contributed by atoms with Gasteiger partial charge < -0.3 is 15.1 Å². The molecule has 0 bridgehead atoms. The standard InChI is InChI=1S/C11H24N2O2/c1-10-7-11(8-12(10)2)9-13(3-5-14)4-6-15/h10-11,14-15H,3-9H2,1-2H3. The molecule has 4 nitrogen and oxygen atoms in total. The minimum atomic E-state index is 0.179. The Labute approximate surface area is 92.5 Å². The van der Waals surface area contributed by atoms with Crippen molar-refractivity contribution in [3.63, 3.8) is 0 Å². The second-order valence-electron chi connectivity index (χ2n) is 4.64. The van der Waals surface area contributed by atoms with Crippen molar-refractivity contribution in [2.45, 2.75) is 19.4 Å². The van der Waals surface area contributed by atoms with Crippen LogP contribution in [0.1, 0.15) is 13.3 Å². The van der Waals surface area contributed by atoms with E-state index in [2.05, 4.69) is 23.8 Å². The molecule has 1 aliphatic rings. The van der Waals surface area contributed by atoms with E-state index in [0.717, 1.165) is 13.1 Å². The third-order valence-corrected chi connectivity index (χ3v) is 3.32. The van der Waals surface area contributed by atoms with Crippen LogP contribution < -0.4 is 0 Å². The van der Waals surface area contributed by atoms with Gasteiger partial charge in [-0.1, -0.05) is 0 Å². The van der Waals surface area contributed by atoms with Gasteiger partial charge in [-0.3, -0.25) is 4.90 Å². The Morgan fingerprint density at radius 3 is 2.27 bits per heavy atom. The molecule has 90 valence electrons. The summed E-state index contributed by atoms with van der Waals surface area (Å²) in [5.41, 5.74) is 0. The van der Waals surface area contributed by atoms with Crippen molar-refractivity contribution in [1.29, 1.82) is 0 Å². The summed E-state index contributed by atoms with van der Waals surface area (Å²) in [6, 6.07) is 0.667. The summed E-state index contributed by atoms with van der Waals surface area (Å²) in [5.74, 6) is 0.683. The molecule has 2 N–H and O–H groups in total. The van der Waals surface area contributed by atoms with Gasteiger partial charge in [-0.05, 0) is 26.3 Å². The second-order valence-corrected chi connectivity index (χ2v) is 4.64. The molecule has 1 heterocycles. The first-order chi connectivity index (χ1) is 7.17. The van der Waals surface area contributed by atoms with Crippen LogP contribution in [0.4, 0.5) is 0 Å². The van der Waals surface area contributed by atoms with E-state index in [-0.39, 0.29) is 13.2 Å². The zero-order valence-corrected chi connectivity index (χ0v) is 9.89. The lowest BCUT2D eigenvalue weighted by Gasteiger charge is -2.23. The number of likely N-dealkylation sites (tertiary alicyclic amines) is 1. The van der Waals surface area contributed by atoms with Crippen LogP contribution in [0.25, 0.3) is 0 Å². The number of hydrogen-bond acceptors (Lipinski definition) is 4. The number of aliphatic hydroxyl groups is 2. The molecule has 0 aromatic rings. The van der Waals surface area contributed by atoms with Crippen LogP contribution in [-0.2, 0) is 0 Å². The van der Waals surface area contributed by atoms with Gasteiger partial charge in [0.15, 0.2) is 0 Å². The summed E-state index contributed by atoms with van der Waals surface area (Å²) in [6.45, 7) is 6.09. The maximum Gasteiger partial charge on any atom is 0.0558 e. The lowest BCUT2D eigenvalue weighted by atomic mass is 10.1. The Morgan fingerprint density at radius 1 is 1.27 bits per heavy atom. The molecule has 0 radical (unpaired) electrons. The first-order valence-electron chi connectivity index (χ1n) is 5.81. The monoisotopic (exact) mass is 216 g/mol. The molecule has 0 spiro atoms. The van der Waals surface area contributed by atoms with Crippen LogP contribution in [0.5, 0.6) is 0 Å². The number of aliphatic hydroxyl groups excluding tert-OH is 2. The van der Waals surface area contributed by atoms with E-state index in [1.54, 1.807) is 0 Å². The molecule has 0 aromatic carbocycles. The van der Waals surface area contributed by atoms with Crippen LogP contribution in [0.15, 0.2) is 0 Å². The zero-order valence-electron chi connectivity index (χ0n) is 9.89. The summed E-state index contributed by atoms with van der Waals surface area (Å²) in [4.78, 5) is 4.53. The van der Waals surface area contributed by atoms with E-state index < -0.39 is 0 Å². The van der Waals surface area contributed by atoms with Crippen molar-refractivity contribution >= 4 is 0 Å². The molecular weight excluding hydrogens is 192 g/mol. The van der Waals surface area contributed by atoms with Crippen molar-refractivity contribution in [2.24, 2.45) is 5.92 Å². The Kier molecular flexibility index (Phi) is 5.53. The Morgan fingerprint density at radius 2 is 1.87 bits per heavy atom. The molecule has 15 heavy (non-hydrogen) atoms. The minimum absolute atomic E-state index is 0.179. The molecule has 4 heteroatoms. The largest absolute Gasteiger partial charge is 0.395 e. The predicted molar refractivity (Wildman–Crippen MR) is 60.8 cm³/mol. The summed E-state index contributed by atoms with van der Waals surface area (Å²) < 4.78 is 0. The summed E-state index contributed by atoms with van der Waals surface area (Å²) in [5, 5.41) is 17.8. The number of hydrogen-bond donors (Lipinski definition) is 2. The lowest BCUT2D eigenvalue weighted by molar-refractivity contribution is 0.145. The van der Waals surface area contributed by atoms with Gasteiger partial charge in [-0.15, -0.1) is 0 Å². The van der Waals surface area contributed by atoms with E-state index in [1.165, 1.54) is 6.42 Å². The lowest BCUT2D eigenvalue weighted by Crippen LogP contribution is -2.35. The van der Waals surface area contributed by atoms with Gasteiger partial charge in [-0.2, -0.15) is 0 Å². The van der Waals surface area contributed by atoms with Gasteiger partial charge in [0.05, 0.1) is 13.2 Å². The van der Waals surface area contributed by atoms with E-state index in [1.807, 2.05) is 0 Å². The average molecular weight is 216 g/mol. The maximum atomic E-state index is 8.91. The summed E-state index contributed by atoms with van der Waals surface area (Å²) in [6.07, 6.45) is 1.23. The minimum Gasteiger partial charge on any atom is -0.395 e. The van der Waals surface area contributed by atoms with Gasteiger partial charge in [0.1, 0.15) is 0 Å². The van der Waals surface area contributed by atoms with Gasteiger partial charge in [-0.25, -0.2) is 0 Å². The van der Waals surface area contributed by atoms with Crippen LogP contribution in [0, 0.1) is 5.92 Å². The molecule has 0 aromatic heterocycles. The highest BCUT2D eigenvalue weighted by Gasteiger charge is 2.27. The highest BCUT2D eigenvalue weighted by molar-refractivity contribution is 4.82. The van der Waals surface area contributed by atoms with Crippen LogP contribution in [0.3, 0.4) is 0 Å². The fourth-order valence-corrected chi connectivity index (χ4v) is 2.40. The van der Waals surface area contributed by atoms with Crippen molar-refractivity contribution in [3.8, 4) is 0 Å². The van der Waals surface area contributed by atoms with Crippen molar-refractivity contribution < 1.29 is 10.2 Å². The average Bonchev–Trinajstić information content (AvgIpc) is 2.47. The van der Waals surface area contributed by atoms with Crippen LogP contribution >= 0.6 is 0 Å². The fourth-order valence-electron chi connectivity index (χ4n) is 2.40. The quantitative estimate of drug-likeness (QED) is 0.635. The van der Waals surface area contributed by atoms with E-state index in [4.69, 9.17) is 10.2 Å². The molecule has 0 amide bonds. The van der Waals surface area contributed by atoms with Gasteiger partial charge in [0, 0.05) is 32.2 Å². The molecule has 1 fully saturated rings. The third kappa shape index (κ3) is 4.07. The Balaban J connectivity index is 2.31. The van der Waals surface area contributed by atoms with Crippen molar-refractivity contribution in [2.75, 3.05) is 46.4 Å². The molecule has 1 aliphatic heterocycles. The highest BCUT2D eigenvalue weighted by Crippen LogP contribution is 2.21. The smallest absolute Gasteiger partial charge is 0.0558 e. The van der Waals surface area contributed by atoms with E-state index in [9.17, 15) is 0 Å². The SMILES string of the molecule is CC1CC(CN(CCO)CCO)CN1C. The van der Waals surface area contributed by atoms with E-state index >= 15 is 0 Å². The first kappa shape index (κ1) is 12.9. The molecule has 0 aliphatic carbocycles.